The predicted octanol–water partition coefficient (Wildman–Crippen LogP) is -2.83. The van der Waals surface area contributed by atoms with Gasteiger partial charge in [-0.2, -0.15) is 0 Å². The zero-order valence-electron chi connectivity index (χ0n) is 2.43. The molecular formula is CBaO3. The van der Waals surface area contributed by atoms with Gasteiger partial charge in [0.05, 0.1) is 0 Å². The molecule has 0 heterocycles. The molecule has 0 saturated heterocycles. The summed E-state index contributed by atoms with van der Waals surface area (Å²) in [6.07, 6.45) is -2.33. The van der Waals surface area contributed by atoms with Crippen LogP contribution in [0.1, 0.15) is 0 Å². The van der Waals surface area contributed by atoms with Crippen molar-refractivity contribution in [2.45, 2.75) is 0 Å². The minimum atomic E-state index is -2.33. The van der Waals surface area contributed by atoms with Crippen LogP contribution in [0.15, 0.2) is 0 Å². The zero-order chi connectivity index (χ0) is 3.58. The summed E-state index contributed by atoms with van der Waals surface area (Å²) >= 11 is 0. The third-order valence-electron chi connectivity index (χ3n) is 0. The fraction of sp³-hybridized carbons (Fsp3) is 0. The van der Waals surface area contributed by atoms with Crippen molar-refractivity contribution in [3.63, 3.8) is 0 Å². The molecule has 0 aromatic heterocycles. The van der Waals surface area contributed by atoms with Gasteiger partial charge in [-0.3, -0.25) is 0 Å². The Labute approximate surface area is 69.1 Å². The number of carbonyl (C=O) groups excluding carboxylic acids is 1. The van der Waals surface area contributed by atoms with E-state index in [2.05, 4.69) is 0 Å². The van der Waals surface area contributed by atoms with E-state index in [0.717, 1.165) is 0 Å². The molecule has 0 aliphatic carbocycles. The van der Waals surface area contributed by atoms with Gasteiger partial charge in [-0.15, -0.1) is 0 Å². The van der Waals surface area contributed by atoms with Crippen molar-refractivity contribution in [3.05, 3.63) is 0 Å². The van der Waals surface area contributed by atoms with Crippen LogP contribution in [0.3, 0.4) is 0 Å². The number of hydrogen-bond donors (Lipinski definition) is 0. The second kappa shape index (κ2) is 4.84. The van der Waals surface area contributed by atoms with Gasteiger partial charge in [0, 0.05) is 0 Å². The maximum Gasteiger partial charge on any atom is 2.00 e. The van der Waals surface area contributed by atoms with Crippen molar-refractivity contribution in [1.82, 2.24) is 0 Å². The summed E-state index contributed by atoms with van der Waals surface area (Å²) in [5.74, 6) is 0. The van der Waals surface area contributed by atoms with Crippen molar-refractivity contribution in [2.75, 3.05) is 0 Å². The molecular weight excluding hydrogens is 198 g/mol. The molecule has 0 spiro atoms. The number of carbonyl (C=O) groups is 1. The molecule has 0 aromatic rings. The smallest absolute Gasteiger partial charge is 0.652 e. The largest absolute Gasteiger partial charge is 2.00 e. The third-order valence-corrected chi connectivity index (χ3v) is 0. The van der Waals surface area contributed by atoms with Gasteiger partial charge in [-0.1, -0.05) is 0 Å². The Hall–Kier alpha value is 0.841. The summed E-state index contributed by atoms with van der Waals surface area (Å²) in [7, 11) is 0. The zero-order valence-corrected chi connectivity index (χ0v) is 6.87. The maximum absolute atomic E-state index is 8.33. The minimum absolute atomic E-state index is 0. The normalized spacial score (nSPS) is 4.80. The first-order chi connectivity index (χ1) is 1.73. The van der Waals surface area contributed by atoms with Gasteiger partial charge in [0.25, 0.3) is 0 Å². The quantitative estimate of drug-likeness (QED) is 0.311. The van der Waals surface area contributed by atoms with E-state index in [9.17, 15) is 0 Å². The first kappa shape index (κ1) is 9.28. The molecule has 0 fully saturated rings. The van der Waals surface area contributed by atoms with E-state index in [1.54, 1.807) is 0 Å². The molecule has 0 amide bonds. The van der Waals surface area contributed by atoms with Gasteiger partial charge in [0.15, 0.2) is 0 Å². The molecule has 0 aliphatic rings. The average molecular weight is 198 g/mol. The Morgan fingerprint density at radius 3 is 1.40 bits per heavy atom. The van der Waals surface area contributed by atoms with Crippen molar-refractivity contribution in [1.29, 1.82) is 0 Å². The van der Waals surface area contributed by atoms with Crippen LogP contribution in [0.4, 0.5) is 4.79 Å². The summed E-state index contributed by atoms with van der Waals surface area (Å²) in [6, 6.07) is 0. The molecule has 0 saturated carbocycles. The number of carboxylic acid groups (broad SMARTS) is 2. The van der Waals surface area contributed by atoms with Crippen molar-refractivity contribution in [2.24, 2.45) is 0 Å². The van der Waals surface area contributed by atoms with E-state index in [4.69, 9.17) is 15.0 Å². The van der Waals surface area contributed by atoms with Crippen LogP contribution in [-0.2, 0) is 0 Å². The molecule has 0 bridgehead atoms. The molecule has 0 aromatic carbocycles. The van der Waals surface area contributed by atoms with E-state index in [-0.39, 0.29) is 48.9 Å². The summed E-state index contributed by atoms with van der Waals surface area (Å²) in [5.41, 5.74) is 0. The molecule has 5 heavy (non-hydrogen) atoms. The summed E-state index contributed by atoms with van der Waals surface area (Å²) in [5, 5.41) is 16.7. The Bertz CT molecular complexity index is 29.9. The molecule has 0 unspecified atom stereocenters. The molecule has 0 radical (unpaired) electrons. The van der Waals surface area contributed by atoms with E-state index in [0.29, 0.717) is 0 Å². The fourth-order valence-corrected chi connectivity index (χ4v) is 0. The first-order valence-electron chi connectivity index (χ1n) is 0.612. The molecule has 0 aliphatic heterocycles. The van der Waals surface area contributed by atoms with E-state index in [1.807, 2.05) is 0 Å². The average Bonchev–Trinajstić information content (AvgIpc) is 0.811. The summed E-state index contributed by atoms with van der Waals surface area (Å²) < 4.78 is 0. The first-order valence-corrected chi connectivity index (χ1v) is 0.612. The second-order valence-electron chi connectivity index (χ2n) is 0.250. The van der Waals surface area contributed by atoms with Crippen LogP contribution in [-0.4, -0.2) is 55.0 Å². The van der Waals surface area contributed by atoms with E-state index >= 15 is 0 Å². The third kappa shape index (κ3) is 55.2. The van der Waals surface area contributed by atoms with Gasteiger partial charge in [0.2, 0.25) is 0 Å². The van der Waals surface area contributed by atoms with Gasteiger partial charge < -0.3 is 15.0 Å². The van der Waals surface area contributed by atoms with Gasteiger partial charge in [0.1, 0.15) is 0 Å². The van der Waals surface area contributed by atoms with Gasteiger partial charge >= 0.3 is 48.9 Å². The van der Waals surface area contributed by atoms with Crippen molar-refractivity contribution < 1.29 is 15.0 Å². The Morgan fingerprint density at radius 2 is 1.40 bits per heavy atom. The van der Waals surface area contributed by atoms with Crippen LogP contribution >= 0.6 is 0 Å². The Balaban J connectivity index is 0. The van der Waals surface area contributed by atoms with Crippen molar-refractivity contribution in [3.8, 4) is 0 Å². The van der Waals surface area contributed by atoms with Crippen LogP contribution in [0.2, 0.25) is 0 Å². The number of rotatable bonds is 0. The van der Waals surface area contributed by atoms with Crippen molar-refractivity contribution >= 4 is 55.0 Å². The Kier molecular flexibility index (Phi) is 8.98. The van der Waals surface area contributed by atoms with Crippen LogP contribution in [0.5, 0.6) is 0 Å². The van der Waals surface area contributed by atoms with E-state index < -0.39 is 6.16 Å². The molecule has 4 heteroatoms. The van der Waals surface area contributed by atoms with Crippen LogP contribution < -0.4 is 10.2 Å². The molecule has 0 rings (SSSR count). The standard InChI is InChI=1S/CH2O3.Ba/c2-1(3)4;/h(H2,2,3,4);/q;+2/p-2/i1+1;. The van der Waals surface area contributed by atoms with Crippen LogP contribution in [0.25, 0.3) is 0 Å². The Morgan fingerprint density at radius 1 is 1.40 bits per heavy atom. The summed E-state index contributed by atoms with van der Waals surface area (Å²) in [6.45, 7) is 0. The van der Waals surface area contributed by atoms with Gasteiger partial charge in [-0.25, -0.2) is 0 Å². The molecule has 3 nitrogen and oxygen atoms in total. The minimum Gasteiger partial charge on any atom is -0.652 e. The number of hydrogen-bond acceptors (Lipinski definition) is 3. The van der Waals surface area contributed by atoms with Gasteiger partial charge in [-0.05, 0) is 6.16 Å². The maximum atomic E-state index is 8.33. The molecule has 24 valence electrons. The SMILES string of the molecule is O=[13C]([O-])[O-].[Ba+2]. The fourth-order valence-electron chi connectivity index (χ4n) is 0. The monoisotopic (exact) mass is 199 g/mol. The predicted molar refractivity (Wildman–Crippen MR) is 11.1 cm³/mol. The van der Waals surface area contributed by atoms with E-state index in [1.165, 1.54) is 0 Å². The topological polar surface area (TPSA) is 63.2 Å². The second-order valence-corrected chi connectivity index (χ2v) is 0.250. The molecule has 0 atom stereocenters. The summed E-state index contributed by atoms with van der Waals surface area (Å²) in [4.78, 5) is 8.33. The molecule has 0 N–H and O–H groups in total. The van der Waals surface area contributed by atoms with Crippen LogP contribution in [0, 0.1) is 0 Å².